The van der Waals surface area contributed by atoms with Crippen molar-refractivity contribution in [3.05, 3.63) is 0 Å². The first-order valence-corrected chi connectivity index (χ1v) is 9.81. The van der Waals surface area contributed by atoms with E-state index in [1.54, 1.807) is 0 Å². The second-order valence-electron chi connectivity index (χ2n) is 8.01. The maximum Gasteiger partial charge on any atom is 0.0223 e. The fourth-order valence-electron chi connectivity index (χ4n) is 5.05. The summed E-state index contributed by atoms with van der Waals surface area (Å²) in [5.41, 5.74) is 0. The van der Waals surface area contributed by atoms with E-state index >= 15 is 0 Å². The predicted molar refractivity (Wildman–Crippen MR) is 90.5 cm³/mol. The fourth-order valence-corrected chi connectivity index (χ4v) is 5.05. The molecule has 21 heavy (non-hydrogen) atoms. The summed E-state index contributed by atoms with van der Waals surface area (Å²) in [6.45, 7) is 7.61. The first-order chi connectivity index (χ1) is 10.3. The lowest BCUT2D eigenvalue weighted by atomic mass is 9.80. The maximum absolute atomic E-state index is 3.83. The molecular formula is C19H36N2. The lowest BCUT2D eigenvalue weighted by molar-refractivity contribution is 0.115. The third-order valence-electron chi connectivity index (χ3n) is 6.57. The van der Waals surface area contributed by atoms with Crippen molar-refractivity contribution in [2.45, 2.75) is 77.2 Å². The number of piperazine rings is 1. The van der Waals surface area contributed by atoms with Gasteiger partial charge in [-0.15, -0.1) is 0 Å². The molecule has 0 radical (unpaired) electrons. The Morgan fingerprint density at radius 3 is 2.33 bits per heavy atom. The Morgan fingerprint density at radius 2 is 1.62 bits per heavy atom. The fraction of sp³-hybridized carbons (Fsp3) is 1.00. The van der Waals surface area contributed by atoms with Crippen LogP contribution in [0.15, 0.2) is 0 Å². The molecule has 2 saturated carbocycles. The van der Waals surface area contributed by atoms with Crippen molar-refractivity contribution < 1.29 is 0 Å². The summed E-state index contributed by atoms with van der Waals surface area (Å²) in [4.78, 5) is 2.80. The third kappa shape index (κ3) is 4.45. The zero-order chi connectivity index (χ0) is 14.5. The van der Waals surface area contributed by atoms with Crippen molar-refractivity contribution in [1.82, 2.24) is 10.2 Å². The molecule has 1 saturated heterocycles. The summed E-state index contributed by atoms with van der Waals surface area (Å²) in [6, 6.07) is 0.797. The van der Waals surface area contributed by atoms with Gasteiger partial charge in [-0.2, -0.15) is 0 Å². The molecular weight excluding hydrogens is 256 g/mol. The van der Waals surface area contributed by atoms with Gasteiger partial charge in [0, 0.05) is 32.2 Å². The van der Waals surface area contributed by atoms with Gasteiger partial charge in [0.2, 0.25) is 0 Å². The molecule has 1 unspecified atom stereocenters. The average Bonchev–Trinajstić information content (AvgIpc) is 2.57. The van der Waals surface area contributed by atoms with Crippen LogP contribution in [0.1, 0.15) is 71.1 Å². The second-order valence-corrected chi connectivity index (χ2v) is 8.01. The standard InChI is InChI=1S/C19H36N2/c1-2-16-8-10-17(11-9-16)14-21-13-12-20-19(15-21)18-6-4-3-5-7-18/h16-20H,2-15H2,1H3. The van der Waals surface area contributed by atoms with E-state index in [4.69, 9.17) is 0 Å². The largest absolute Gasteiger partial charge is 0.311 e. The van der Waals surface area contributed by atoms with Crippen LogP contribution in [0.2, 0.25) is 0 Å². The van der Waals surface area contributed by atoms with Crippen LogP contribution in [0.3, 0.4) is 0 Å². The van der Waals surface area contributed by atoms with Crippen LogP contribution in [-0.2, 0) is 0 Å². The van der Waals surface area contributed by atoms with E-state index in [0.29, 0.717) is 0 Å². The van der Waals surface area contributed by atoms with Gasteiger partial charge in [0.05, 0.1) is 0 Å². The highest BCUT2D eigenvalue weighted by Gasteiger charge is 2.29. The van der Waals surface area contributed by atoms with Crippen molar-refractivity contribution in [2.24, 2.45) is 17.8 Å². The van der Waals surface area contributed by atoms with E-state index in [-0.39, 0.29) is 0 Å². The lowest BCUT2D eigenvalue weighted by Gasteiger charge is -2.41. The van der Waals surface area contributed by atoms with Crippen LogP contribution in [0.25, 0.3) is 0 Å². The molecule has 122 valence electrons. The van der Waals surface area contributed by atoms with Crippen molar-refractivity contribution in [2.75, 3.05) is 26.2 Å². The average molecular weight is 293 g/mol. The van der Waals surface area contributed by atoms with Crippen molar-refractivity contribution in [3.63, 3.8) is 0 Å². The molecule has 1 atom stereocenters. The topological polar surface area (TPSA) is 15.3 Å². The predicted octanol–water partition coefficient (Wildman–Crippen LogP) is 4.06. The summed E-state index contributed by atoms with van der Waals surface area (Å²) in [5, 5.41) is 3.83. The minimum Gasteiger partial charge on any atom is -0.311 e. The second kappa shape index (κ2) is 7.97. The lowest BCUT2D eigenvalue weighted by Crippen LogP contribution is -2.54. The highest BCUT2D eigenvalue weighted by molar-refractivity contribution is 4.87. The van der Waals surface area contributed by atoms with Gasteiger partial charge in [0.15, 0.2) is 0 Å². The van der Waals surface area contributed by atoms with Gasteiger partial charge in [0.25, 0.3) is 0 Å². The van der Waals surface area contributed by atoms with Gasteiger partial charge >= 0.3 is 0 Å². The molecule has 0 bridgehead atoms. The van der Waals surface area contributed by atoms with Gasteiger partial charge in [-0.25, -0.2) is 0 Å². The van der Waals surface area contributed by atoms with E-state index in [1.807, 2.05) is 0 Å². The van der Waals surface area contributed by atoms with Gasteiger partial charge in [-0.1, -0.05) is 45.4 Å². The molecule has 3 rings (SSSR count). The monoisotopic (exact) mass is 292 g/mol. The zero-order valence-electron chi connectivity index (χ0n) is 14.2. The van der Waals surface area contributed by atoms with Gasteiger partial charge in [-0.05, 0) is 43.4 Å². The molecule has 2 heteroatoms. The first-order valence-electron chi connectivity index (χ1n) is 9.81. The third-order valence-corrected chi connectivity index (χ3v) is 6.57. The molecule has 0 spiro atoms. The summed E-state index contributed by atoms with van der Waals surface area (Å²) in [5.74, 6) is 3.01. The molecule has 3 fully saturated rings. The maximum atomic E-state index is 3.83. The Labute approximate surface area is 132 Å². The number of hydrogen-bond donors (Lipinski definition) is 1. The van der Waals surface area contributed by atoms with Crippen LogP contribution in [-0.4, -0.2) is 37.1 Å². The van der Waals surface area contributed by atoms with E-state index in [1.165, 1.54) is 90.4 Å². The Kier molecular flexibility index (Phi) is 5.99. The Hall–Kier alpha value is -0.0800. The number of nitrogens with zero attached hydrogens (tertiary/aromatic N) is 1. The SMILES string of the molecule is CCC1CCC(CN2CCNC(C3CCCCC3)C2)CC1. The molecule has 0 amide bonds. The Morgan fingerprint density at radius 1 is 0.905 bits per heavy atom. The molecule has 2 nitrogen and oxygen atoms in total. The summed E-state index contributed by atoms with van der Waals surface area (Å²) < 4.78 is 0. The first kappa shape index (κ1) is 15.8. The molecule has 1 aliphatic heterocycles. The van der Waals surface area contributed by atoms with Crippen LogP contribution in [0.5, 0.6) is 0 Å². The van der Waals surface area contributed by atoms with Crippen LogP contribution >= 0.6 is 0 Å². The number of hydrogen-bond acceptors (Lipinski definition) is 2. The molecule has 3 aliphatic rings. The van der Waals surface area contributed by atoms with Crippen molar-refractivity contribution in [1.29, 1.82) is 0 Å². The molecule has 0 aromatic heterocycles. The summed E-state index contributed by atoms with van der Waals surface area (Å²) >= 11 is 0. The van der Waals surface area contributed by atoms with E-state index in [0.717, 1.165) is 23.8 Å². The minimum atomic E-state index is 0.797. The Balaban J connectivity index is 1.43. The summed E-state index contributed by atoms with van der Waals surface area (Å²) in [6.07, 6.45) is 14.8. The van der Waals surface area contributed by atoms with E-state index < -0.39 is 0 Å². The molecule has 1 heterocycles. The molecule has 0 aromatic rings. The van der Waals surface area contributed by atoms with Gasteiger partial charge < -0.3 is 10.2 Å². The zero-order valence-corrected chi connectivity index (χ0v) is 14.2. The van der Waals surface area contributed by atoms with Crippen LogP contribution in [0.4, 0.5) is 0 Å². The molecule has 0 aromatic carbocycles. The van der Waals surface area contributed by atoms with Gasteiger partial charge in [0.1, 0.15) is 0 Å². The molecule has 2 aliphatic carbocycles. The Bertz CT molecular complexity index is 290. The van der Waals surface area contributed by atoms with Crippen LogP contribution in [0, 0.1) is 17.8 Å². The highest BCUT2D eigenvalue weighted by Crippen LogP contribution is 2.32. The molecule has 1 N–H and O–H groups in total. The van der Waals surface area contributed by atoms with Gasteiger partial charge in [-0.3, -0.25) is 0 Å². The van der Waals surface area contributed by atoms with Crippen molar-refractivity contribution >= 4 is 0 Å². The minimum absolute atomic E-state index is 0.797. The number of rotatable bonds is 4. The van der Waals surface area contributed by atoms with Crippen LogP contribution < -0.4 is 5.32 Å². The highest BCUT2D eigenvalue weighted by atomic mass is 15.2. The normalized spacial score (nSPS) is 36.7. The summed E-state index contributed by atoms with van der Waals surface area (Å²) in [7, 11) is 0. The smallest absolute Gasteiger partial charge is 0.0223 e. The van der Waals surface area contributed by atoms with E-state index in [9.17, 15) is 0 Å². The number of nitrogens with one attached hydrogen (secondary N) is 1. The van der Waals surface area contributed by atoms with E-state index in [2.05, 4.69) is 17.1 Å². The van der Waals surface area contributed by atoms with Crippen molar-refractivity contribution in [3.8, 4) is 0 Å². The quantitative estimate of drug-likeness (QED) is 0.840.